The third-order valence-corrected chi connectivity index (χ3v) is 2.01. The van der Waals surface area contributed by atoms with E-state index in [1.807, 2.05) is 14.1 Å². The smallest absolute Gasteiger partial charge is 0.167 e. The van der Waals surface area contributed by atoms with Crippen LogP contribution in [0.1, 0.15) is 0 Å². The molecule has 0 aromatic carbocycles. The molecule has 4 heteroatoms. The van der Waals surface area contributed by atoms with E-state index in [0.717, 1.165) is 26.3 Å². The van der Waals surface area contributed by atoms with Gasteiger partial charge in [0.15, 0.2) is 6.35 Å². The minimum atomic E-state index is 0.0916. The maximum Gasteiger partial charge on any atom is 0.167 e. The third-order valence-electron chi connectivity index (χ3n) is 2.01. The molecule has 0 aliphatic carbocycles. The Morgan fingerprint density at radius 3 is 2.33 bits per heavy atom. The van der Waals surface area contributed by atoms with Gasteiger partial charge in [0.05, 0.1) is 13.2 Å². The fraction of sp³-hybridized carbons (Fsp3) is 1.00. The fourth-order valence-corrected chi connectivity index (χ4v) is 1.48. The Kier molecular flexibility index (Phi) is 3.94. The van der Waals surface area contributed by atoms with Crippen LogP contribution in [-0.2, 0) is 9.47 Å². The van der Waals surface area contributed by atoms with Crippen molar-refractivity contribution in [1.29, 1.82) is 0 Å². The van der Waals surface area contributed by atoms with Gasteiger partial charge >= 0.3 is 0 Å². The lowest BCUT2D eigenvalue weighted by Crippen LogP contribution is -2.50. The molecular formula is C8H18N2O2. The highest BCUT2D eigenvalue weighted by atomic mass is 16.5. The highest BCUT2D eigenvalue weighted by Crippen LogP contribution is 2.06. The van der Waals surface area contributed by atoms with Crippen molar-refractivity contribution in [2.24, 2.45) is 0 Å². The van der Waals surface area contributed by atoms with Crippen molar-refractivity contribution < 1.29 is 9.47 Å². The van der Waals surface area contributed by atoms with Crippen molar-refractivity contribution in [3.63, 3.8) is 0 Å². The Hall–Kier alpha value is -0.160. The standard InChI is InChI=1S/C8H18N2O2/c1-9(2)8(11-3)10-4-6-12-7-5-10/h8H,4-7H2,1-3H3. The molecule has 0 amide bonds. The van der Waals surface area contributed by atoms with E-state index in [1.165, 1.54) is 0 Å². The van der Waals surface area contributed by atoms with Crippen molar-refractivity contribution in [1.82, 2.24) is 9.80 Å². The molecule has 0 N–H and O–H groups in total. The van der Waals surface area contributed by atoms with Gasteiger partial charge in [0, 0.05) is 20.2 Å². The summed E-state index contributed by atoms with van der Waals surface area (Å²) in [6, 6.07) is 0. The van der Waals surface area contributed by atoms with E-state index in [1.54, 1.807) is 7.11 Å². The SMILES string of the molecule is COC(N(C)C)N1CCOCC1. The van der Waals surface area contributed by atoms with Gasteiger partial charge in [0.1, 0.15) is 0 Å². The average molecular weight is 174 g/mol. The molecule has 1 aliphatic heterocycles. The van der Waals surface area contributed by atoms with Crippen LogP contribution in [0.3, 0.4) is 0 Å². The van der Waals surface area contributed by atoms with Gasteiger partial charge in [-0.15, -0.1) is 0 Å². The van der Waals surface area contributed by atoms with Gasteiger partial charge in [-0.3, -0.25) is 9.80 Å². The number of ether oxygens (including phenoxy) is 2. The average Bonchev–Trinajstić information content (AvgIpc) is 2.07. The van der Waals surface area contributed by atoms with E-state index in [-0.39, 0.29) is 6.35 Å². The van der Waals surface area contributed by atoms with Crippen molar-refractivity contribution in [3.8, 4) is 0 Å². The van der Waals surface area contributed by atoms with Crippen LogP contribution < -0.4 is 0 Å². The molecule has 0 radical (unpaired) electrons. The summed E-state index contributed by atoms with van der Waals surface area (Å²) < 4.78 is 10.6. The Labute approximate surface area is 74.0 Å². The molecule has 1 rings (SSSR count). The van der Waals surface area contributed by atoms with Gasteiger partial charge in [0.2, 0.25) is 0 Å². The number of methoxy groups -OCH3 is 1. The van der Waals surface area contributed by atoms with Crippen LogP contribution >= 0.6 is 0 Å². The molecule has 1 saturated heterocycles. The zero-order valence-electron chi connectivity index (χ0n) is 8.12. The first-order chi connectivity index (χ1) is 5.75. The molecule has 0 aromatic heterocycles. The molecule has 0 saturated carbocycles. The summed E-state index contributed by atoms with van der Waals surface area (Å²) in [5, 5.41) is 0. The van der Waals surface area contributed by atoms with Crippen LogP contribution in [0.15, 0.2) is 0 Å². The quantitative estimate of drug-likeness (QED) is 0.554. The minimum Gasteiger partial charge on any atom is -0.379 e. The lowest BCUT2D eigenvalue weighted by molar-refractivity contribution is -0.142. The van der Waals surface area contributed by atoms with Crippen molar-refractivity contribution >= 4 is 0 Å². The van der Waals surface area contributed by atoms with E-state index >= 15 is 0 Å². The lowest BCUT2D eigenvalue weighted by Gasteiger charge is -2.36. The summed E-state index contributed by atoms with van der Waals surface area (Å²) in [4.78, 5) is 4.33. The zero-order chi connectivity index (χ0) is 8.97. The van der Waals surface area contributed by atoms with Crippen LogP contribution in [-0.4, -0.2) is 63.7 Å². The lowest BCUT2D eigenvalue weighted by atomic mass is 10.4. The van der Waals surface area contributed by atoms with Crippen molar-refractivity contribution in [3.05, 3.63) is 0 Å². The Balaban J connectivity index is 2.40. The van der Waals surface area contributed by atoms with Gasteiger partial charge < -0.3 is 9.47 Å². The van der Waals surface area contributed by atoms with E-state index in [4.69, 9.17) is 9.47 Å². The van der Waals surface area contributed by atoms with E-state index in [9.17, 15) is 0 Å². The van der Waals surface area contributed by atoms with E-state index in [2.05, 4.69) is 9.80 Å². The molecule has 1 unspecified atom stereocenters. The maximum absolute atomic E-state index is 5.35. The highest BCUT2D eigenvalue weighted by Gasteiger charge is 2.21. The Morgan fingerprint density at radius 2 is 1.92 bits per heavy atom. The topological polar surface area (TPSA) is 24.9 Å². The molecule has 1 fully saturated rings. The molecule has 0 spiro atoms. The fourth-order valence-electron chi connectivity index (χ4n) is 1.48. The van der Waals surface area contributed by atoms with Crippen LogP contribution in [0.5, 0.6) is 0 Å². The van der Waals surface area contributed by atoms with Gasteiger partial charge in [-0.25, -0.2) is 0 Å². The first kappa shape index (κ1) is 9.92. The third kappa shape index (κ3) is 2.42. The summed E-state index contributed by atoms with van der Waals surface area (Å²) in [6.45, 7) is 3.54. The second-order valence-corrected chi connectivity index (χ2v) is 3.17. The zero-order valence-corrected chi connectivity index (χ0v) is 8.12. The largest absolute Gasteiger partial charge is 0.379 e. The van der Waals surface area contributed by atoms with Gasteiger partial charge in [0.25, 0.3) is 0 Å². The van der Waals surface area contributed by atoms with Gasteiger partial charge in [-0.05, 0) is 14.1 Å². The molecular weight excluding hydrogens is 156 g/mol. The predicted octanol–water partition coefficient (Wildman–Crippen LogP) is -0.190. The molecule has 4 nitrogen and oxygen atoms in total. The molecule has 72 valence electrons. The maximum atomic E-state index is 5.35. The second kappa shape index (κ2) is 4.77. The summed E-state index contributed by atoms with van der Waals surface area (Å²) in [7, 11) is 5.77. The summed E-state index contributed by atoms with van der Waals surface area (Å²) >= 11 is 0. The van der Waals surface area contributed by atoms with Crippen LogP contribution in [0, 0.1) is 0 Å². The molecule has 0 bridgehead atoms. The van der Waals surface area contributed by atoms with Gasteiger partial charge in [-0.1, -0.05) is 0 Å². The first-order valence-electron chi connectivity index (χ1n) is 4.26. The number of hydrogen-bond acceptors (Lipinski definition) is 4. The monoisotopic (exact) mass is 174 g/mol. The Bertz CT molecular complexity index is 124. The molecule has 1 heterocycles. The van der Waals surface area contributed by atoms with Crippen molar-refractivity contribution in [2.75, 3.05) is 47.5 Å². The number of morpholine rings is 1. The van der Waals surface area contributed by atoms with Crippen molar-refractivity contribution in [2.45, 2.75) is 6.35 Å². The highest BCUT2D eigenvalue weighted by molar-refractivity contribution is 4.64. The number of hydrogen-bond donors (Lipinski definition) is 0. The summed E-state index contributed by atoms with van der Waals surface area (Å²) in [5.41, 5.74) is 0. The Morgan fingerprint density at radius 1 is 1.33 bits per heavy atom. The number of nitrogens with zero attached hydrogens (tertiary/aromatic N) is 2. The molecule has 12 heavy (non-hydrogen) atoms. The van der Waals surface area contributed by atoms with Crippen LogP contribution in [0.25, 0.3) is 0 Å². The van der Waals surface area contributed by atoms with Crippen LogP contribution in [0.4, 0.5) is 0 Å². The summed E-state index contributed by atoms with van der Waals surface area (Å²) in [6.07, 6.45) is 0.0916. The molecule has 1 aliphatic rings. The normalized spacial score (nSPS) is 23.0. The molecule has 1 atom stereocenters. The number of rotatable bonds is 3. The van der Waals surface area contributed by atoms with Crippen LogP contribution in [0.2, 0.25) is 0 Å². The molecule has 0 aromatic rings. The minimum absolute atomic E-state index is 0.0916. The first-order valence-corrected chi connectivity index (χ1v) is 4.26. The van der Waals surface area contributed by atoms with E-state index < -0.39 is 0 Å². The van der Waals surface area contributed by atoms with E-state index in [0.29, 0.717) is 0 Å². The predicted molar refractivity (Wildman–Crippen MR) is 46.9 cm³/mol. The summed E-state index contributed by atoms with van der Waals surface area (Å²) in [5.74, 6) is 0. The van der Waals surface area contributed by atoms with Gasteiger partial charge in [-0.2, -0.15) is 0 Å². The second-order valence-electron chi connectivity index (χ2n) is 3.17.